The summed E-state index contributed by atoms with van der Waals surface area (Å²) in [7, 11) is 2.36. The number of likely N-dealkylation sites (tertiary alicyclic amines) is 1. The minimum absolute atomic E-state index is 0.327. The van der Waals surface area contributed by atoms with Gasteiger partial charge in [-0.25, -0.2) is 0 Å². The van der Waals surface area contributed by atoms with Crippen molar-refractivity contribution in [2.45, 2.75) is 44.7 Å². The van der Waals surface area contributed by atoms with Gasteiger partial charge < -0.3 is 10.2 Å². The molecule has 2 aromatic rings. The highest BCUT2D eigenvalue weighted by Gasteiger charge is 2.46. The second-order valence-electron chi connectivity index (χ2n) is 8.10. The molecule has 0 saturated carbocycles. The van der Waals surface area contributed by atoms with Gasteiger partial charge in [0.1, 0.15) is 6.54 Å². The van der Waals surface area contributed by atoms with Gasteiger partial charge in [-0.15, -0.1) is 0 Å². The van der Waals surface area contributed by atoms with E-state index in [4.69, 9.17) is 0 Å². The van der Waals surface area contributed by atoms with Crippen LogP contribution in [-0.4, -0.2) is 26.2 Å². The molecule has 1 fully saturated rings. The van der Waals surface area contributed by atoms with Gasteiger partial charge in [0.2, 0.25) is 0 Å². The second-order valence-corrected chi connectivity index (χ2v) is 8.10. The fourth-order valence-corrected chi connectivity index (χ4v) is 4.71. The third-order valence-electron chi connectivity index (χ3n) is 6.45. The molecule has 0 aromatic heterocycles. The van der Waals surface area contributed by atoms with Gasteiger partial charge in [-0.1, -0.05) is 67.6 Å². The first-order valence-corrected chi connectivity index (χ1v) is 9.85. The van der Waals surface area contributed by atoms with Crippen molar-refractivity contribution in [1.82, 2.24) is 0 Å². The number of benzene rings is 2. The van der Waals surface area contributed by atoms with E-state index in [9.17, 15) is 0 Å². The van der Waals surface area contributed by atoms with Crippen molar-refractivity contribution in [2.75, 3.05) is 20.1 Å². The van der Waals surface area contributed by atoms with Gasteiger partial charge in [-0.05, 0) is 12.5 Å². The van der Waals surface area contributed by atoms with Crippen LogP contribution in [0.5, 0.6) is 0 Å². The molecular formula is C23H34N2+2. The van der Waals surface area contributed by atoms with E-state index in [0.29, 0.717) is 5.41 Å². The summed E-state index contributed by atoms with van der Waals surface area (Å²) in [4.78, 5) is 1.69. The van der Waals surface area contributed by atoms with Crippen LogP contribution in [0.15, 0.2) is 60.7 Å². The Morgan fingerprint density at radius 1 is 1.00 bits per heavy atom. The van der Waals surface area contributed by atoms with Crippen molar-refractivity contribution in [2.24, 2.45) is 5.92 Å². The molecule has 2 heteroatoms. The minimum atomic E-state index is 0.327. The molecule has 0 amide bonds. The summed E-state index contributed by atoms with van der Waals surface area (Å²) in [5.74, 6) is 0.719. The van der Waals surface area contributed by atoms with Crippen molar-refractivity contribution in [1.29, 1.82) is 0 Å². The van der Waals surface area contributed by atoms with Crippen LogP contribution in [-0.2, 0) is 12.0 Å². The van der Waals surface area contributed by atoms with Crippen molar-refractivity contribution >= 4 is 0 Å². The van der Waals surface area contributed by atoms with E-state index in [0.717, 1.165) is 18.5 Å². The summed E-state index contributed by atoms with van der Waals surface area (Å²) in [6, 6.07) is 22.9. The Morgan fingerprint density at radius 3 is 2.32 bits per heavy atom. The lowest BCUT2D eigenvalue weighted by Gasteiger charge is -2.47. The van der Waals surface area contributed by atoms with Crippen LogP contribution >= 0.6 is 0 Å². The lowest BCUT2D eigenvalue weighted by Crippen LogP contribution is -3.15. The van der Waals surface area contributed by atoms with Crippen molar-refractivity contribution in [3.63, 3.8) is 0 Å². The Balaban J connectivity index is 1.71. The molecule has 1 heterocycles. The quantitative estimate of drug-likeness (QED) is 0.752. The smallest absolute Gasteiger partial charge is 0.101 e. The third kappa shape index (κ3) is 4.13. The Morgan fingerprint density at radius 2 is 1.64 bits per heavy atom. The number of hydrogen-bond donors (Lipinski definition) is 2. The molecule has 0 bridgehead atoms. The van der Waals surface area contributed by atoms with Gasteiger partial charge in [0.15, 0.2) is 0 Å². The third-order valence-corrected chi connectivity index (χ3v) is 6.45. The van der Waals surface area contributed by atoms with Crippen LogP contribution in [0.4, 0.5) is 0 Å². The molecule has 2 aromatic carbocycles. The molecule has 2 nitrogen and oxygen atoms in total. The van der Waals surface area contributed by atoms with Crippen LogP contribution in [0.1, 0.15) is 37.8 Å². The summed E-state index contributed by atoms with van der Waals surface area (Å²) in [6.07, 6.45) is 2.56. The standard InChI is InChI=1S/C23H32N2/c1-19-18-25(3)20(2)16-23(19,22-12-8-5-9-13-22)14-15-24-17-21-10-6-4-7-11-21/h4-13,19-20,24H,14-18H2,1-3H3/p+2/t19-,20+,23-/m1/s1. The normalized spacial score (nSPS) is 29.5. The highest BCUT2D eigenvalue weighted by atomic mass is 15.1. The van der Waals surface area contributed by atoms with Crippen LogP contribution in [0.3, 0.4) is 0 Å². The Labute approximate surface area is 153 Å². The lowest BCUT2D eigenvalue weighted by molar-refractivity contribution is -0.915. The average molecular weight is 339 g/mol. The molecule has 0 aliphatic carbocycles. The summed E-state index contributed by atoms with van der Waals surface area (Å²) in [5, 5.41) is 2.49. The number of hydrogen-bond acceptors (Lipinski definition) is 0. The van der Waals surface area contributed by atoms with Crippen LogP contribution in [0.2, 0.25) is 0 Å². The Kier molecular flexibility index (Phi) is 5.93. The maximum atomic E-state index is 2.49. The molecule has 0 radical (unpaired) electrons. The van der Waals surface area contributed by atoms with Crippen LogP contribution in [0.25, 0.3) is 0 Å². The number of rotatable bonds is 6. The molecule has 3 N–H and O–H groups in total. The zero-order chi connectivity index (χ0) is 17.7. The highest BCUT2D eigenvalue weighted by molar-refractivity contribution is 5.27. The van der Waals surface area contributed by atoms with Crippen molar-refractivity contribution in [3.8, 4) is 0 Å². The maximum Gasteiger partial charge on any atom is 0.101 e. The molecule has 1 saturated heterocycles. The first-order valence-electron chi connectivity index (χ1n) is 9.85. The average Bonchev–Trinajstić information content (AvgIpc) is 2.64. The summed E-state index contributed by atoms with van der Waals surface area (Å²) >= 11 is 0. The molecule has 4 atom stereocenters. The summed E-state index contributed by atoms with van der Waals surface area (Å²) in [6.45, 7) is 8.45. The first kappa shape index (κ1) is 18.2. The van der Waals surface area contributed by atoms with Gasteiger partial charge in [0.25, 0.3) is 0 Å². The number of nitrogens with two attached hydrogens (primary N) is 1. The van der Waals surface area contributed by atoms with Crippen LogP contribution < -0.4 is 10.2 Å². The van der Waals surface area contributed by atoms with Gasteiger partial charge in [-0.2, -0.15) is 0 Å². The number of piperidine rings is 1. The number of quaternary nitrogens is 2. The molecule has 1 aliphatic rings. The minimum Gasteiger partial charge on any atom is -0.342 e. The highest BCUT2D eigenvalue weighted by Crippen LogP contribution is 2.40. The predicted molar refractivity (Wildman–Crippen MR) is 105 cm³/mol. The van der Waals surface area contributed by atoms with Crippen molar-refractivity contribution in [3.05, 3.63) is 71.8 Å². The Hall–Kier alpha value is -1.64. The van der Waals surface area contributed by atoms with Gasteiger partial charge in [0.05, 0.1) is 26.2 Å². The lowest BCUT2D eigenvalue weighted by atomic mass is 9.63. The first-order chi connectivity index (χ1) is 12.1. The zero-order valence-corrected chi connectivity index (χ0v) is 16.0. The predicted octanol–water partition coefficient (Wildman–Crippen LogP) is 2.02. The van der Waals surface area contributed by atoms with E-state index >= 15 is 0 Å². The van der Waals surface area contributed by atoms with E-state index in [-0.39, 0.29) is 0 Å². The zero-order valence-electron chi connectivity index (χ0n) is 16.0. The molecule has 25 heavy (non-hydrogen) atoms. The van der Waals surface area contributed by atoms with E-state index in [1.165, 1.54) is 31.5 Å². The second kappa shape index (κ2) is 8.16. The van der Waals surface area contributed by atoms with Gasteiger partial charge in [0, 0.05) is 29.7 Å². The van der Waals surface area contributed by atoms with Gasteiger partial charge >= 0.3 is 0 Å². The molecular weight excluding hydrogens is 304 g/mol. The SMILES string of the molecule is C[C@@H]1C[NH+](C)[C@@H](C)C[C@@]1(CC[NH2+]Cc1ccccc1)c1ccccc1. The van der Waals surface area contributed by atoms with E-state index in [1.54, 1.807) is 10.5 Å². The Bertz CT molecular complexity index is 640. The topological polar surface area (TPSA) is 21.1 Å². The largest absolute Gasteiger partial charge is 0.342 e. The van der Waals surface area contributed by atoms with Gasteiger partial charge in [-0.3, -0.25) is 0 Å². The summed E-state index contributed by atoms with van der Waals surface area (Å²) in [5.41, 5.74) is 3.30. The fraction of sp³-hybridized carbons (Fsp3) is 0.478. The molecule has 1 aliphatic heterocycles. The molecule has 134 valence electrons. The monoisotopic (exact) mass is 338 g/mol. The number of nitrogens with one attached hydrogen (secondary N) is 1. The molecule has 1 unspecified atom stereocenters. The van der Waals surface area contributed by atoms with E-state index < -0.39 is 0 Å². The summed E-state index contributed by atoms with van der Waals surface area (Å²) < 4.78 is 0. The maximum absolute atomic E-state index is 2.49. The van der Waals surface area contributed by atoms with E-state index in [2.05, 4.69) is 86.9 Å². The van der Waals surface area contributed by atoms with Crippen LogP contribution in [0, 0.1) is 5.92 Å². The van der Waals surface area contributed by atoms with E-state index in [1.807, 2.05) is 0 Å². The van der Waals surface area contributed by atoms with Crippen molar-refractivity contribution < 1.29 is 10.2 Å². The fourth-order valence-electron chi connectivity index (χ4n) is 4.71. The molecule has 0 spiro atoms. The molecule has 3 rings (SSSR count).